The minimum Gasteiger partial charge on any atom is -0.482 e. The largest absolute Gasteiger partial charge is 0.482 e. The maximum Gasteiger partial charge on any atom is 0.341 e. The topological polar surface area (TPSA) is 111 Å². The molecular weight excluding hydrogens is 350 g/mol. The molecule has 0 radical (unpaired) electrons. The number of amides is 1. The van der Waals surface area contributed by atoms with Gasteiger partial charge in [0.1, 0.15) is 11.5 Å². The van der Waals surface area contributed by atoms with Gasteiger partial charge in [-0.1, -0.05) is 13.8 Å². The predicted octanol–water partition coefficient (Wildman–Crippen LogP) is 3.48. The van der Waals surface area contributed by atoms with Crippen molar-refractivity contribution in [2.45, 2.75) is 13.8 Å². The summed E-state index contributed by atoms with van der Waals surface area (Å²) in [5, 5.41) is 11.1. The lowest BCUT2D eigenvalue weighted by atomic mass is 10.2. The number of rotatable bonds is 7. The number of aromatic nitrogens is 2. The molecule has 2 N–H and O–H groups in total. The van der Waals surface area contributed by atoms with Gasteiger partial charge in [-0.25, -0.2) is 14.8 Å². The van der Waals surface area contributed by atoms with Crippen molar-refractivity contribution < 1.29 is 24.2 Å². The van der Waals surface area contributed by atoms with Crippen molar-refractivity contribution in [3.8, 4) is 17.4 Å². The van der Waals surface area contributed by atoms with E-state index in [4.69, 9.17) is 14.6 Å². The zero-order valence-electron chi connectivity index (χ0n) is 14.9. The van der Waals surface area contributed by atoms with Crippen LogP contribution in [0.3, 0.4) is 0 Å². The number of benzene rings is 2. The van der Waals surface area contributed by atoms with Crippen LogP contribution in [0.1, 0.15) is 13.8 Å². The summed E-state index contributed by atoms with van der Waals surface area (Å²) in [6.45, 7) is 3.59. The molecule has 8 heteroatoms. The number of hydrogen-bond acceptors (Lipinski definition) is 6. The fourth-order valence-electron chi connectivity index (χ4n) is 2.07. The van der Waals surface area contributed by atoms with Crippen LogP contribution in [-0.4, -0.2) is 34.1 Å². The highest BCUT2D eigenvalue weighted by Gasteiger charge is 2.05. The number of carboxylic acid groups (broad SMARTS) is 1. The summed E-state index contributed by atoms with van der Waals surface area (Å²) in [7, 11) is 0. The Kier molecular flexibility index (Phi) is 7.07. The Balaban J connectivity index is 0.00000126. The fraction of sp³-hybridized carbons (Fsp3) is 0.158. The first-order chi connectivity index (χ1) is 13.1. The average Bonchev–Trinajstić information content (AvgIpc) is 2.69. The Hall–Kier alpha value is -3.68. The molecule has 0 saturated carbocycles. The average molecular weight is 369 g/mol. The van der Waals surface area contributed by atoms with Gasteiger partial charge in [-0.15, -0.1) is 0 Å². The Labute approximate surface area is 155 Å². The molecular formula is C19H19N3O5. The van der Waals surface area contributed by atoms with Crippen LogP contribution in [0.5, 0.6) is 17.4 Å². The lowest BCUT2D eigenvalue weighted by Crippen LogP contribution is -2.09. The second-order valence-corrected chi connectivity index (χ2v) is 4.93. The molecule has 1 aromatic heterocycles. The van der Waals surface area contributed by atoms with Crippen molar-refractivity contribution in [2.75, 3.05) is 11.9 Å². The number of hydrogen-bond donors (Lipinski definition) is 2. The van der Waals surface area contributed by atoms with E-state index < -0.39 is 12.6 Å². The van der Waals surface area contributed by atoms with Crippen LogP contribution < -0.4 is 14.8 Å². The molecule has 0 bridgehead atoms. The van der Waals surface area contributed by atoms with Gasteiger partial charge in [-0.3, -0.25) is 4.79 Å². The van der Waals surface area contributed by atoms with Gasteiger partial charge < -0.3 is 19.9 Å². The molecule has 1 amide bonds. The lowest BCUT2D eigenvalue weighted by Gasteiger charge is -2.07. The van der Waals surface area contributed by atoms with Crippen molar-refractivity contribution >= 4 is 29.1 Å². The normalized spacial score (nSPS) is 9.70. The Morgan fingerprint density at radius 3 is 2.48 bits per heavy atom. The van der Waals surface area contributed by atoms with E-state index in [0.29, 0.717) is 34.6 Å². The Bertz CT molecular complexity index is 913. The van der Waals surface area contributed by atoms with Crippen molar-refractivity contribution in [1.82, 2.24) is 9.97 Å². The Morgan fingerprint density at radius 2 is 1.81 bits per heavy atom. The third-order valence-electron chi connectivity index (χ3n) is 3.15. The number of ether oxygens (including phenoxy) is 2. The van der Waals surface area contributed by atoms with Crippen LogP contribution in [0.2, 0.25) is 0 Å². The molecule has 0 unspecified atom stereocenters. The van der Waals surface area contributed by atoms with Crippen molar-refractivity contribution in [3.05, 3.63) is 48.7 Å². The highest BCUT2D eigenvalue weighted by molar-refractivity contribution is 5.82. The summed E-state index contributed by atoms with van der Waals surface area (Å²) in [5.41, 5.74) is 1.85. The summed E-state index contributed by atoms with van der Waals surface area (Å²) in [4.78, 5) is 29.6. The van der Waals surface area contributed by atoms with E-state index in [0.717, 1.165) is 0 Å². The summed E-state index contributed by atoms with van der Waals surface area (Å²) < 4.78 is 10.7. The van der Waals surface area contributed by atoms with Crippen LogP contribution in [0.25, 0.3) is 11.0 Å². The zero-order valence-corrected chi connectivity index (χ0v) is 14.9. The van der Waals surface area contributed by atoms with E-state index in [1.165, 1.54) is 6.20 Å². The van der Waals surface area contributed by atoms with Crippen LogP contribution in [0, 0.1) is 0 Å². The predicted molar refractivity (Wildman–Crippen MR) is 100 cm³/mol. The highest BCUT2D eigenvalue weighted by atomic mass is 16.5. The molecule has 0 spiro atoms. The molecule has 0 aliphatic carbocycles. The first-order valence-corrected chi connectivity index (χ1v) is 8.23. The monoisotopic (exact) mass is 369 g/mol. The molecule has 27 heavy (non-hydrogen) atoms. The lowest BCUT2D eigenvalue weighted by molar-refractivity contribution is -0.139. The van der Waals surface area contributed by atoms with Crippen LogP contribution >= 0.6 is 0 Å². The molecule has 0 aliphatic rings. The minimum atomic E-state index is -1.05. The molecule has 3 aromatic rings. The van der Waals surface area contributed by atoms with Crippen molar-refractivity contribution in [3.63, 3.8) is 0 Å². The third kappa shape index (κ3) is 5.67. The SMILES string of the molecule is CC.O=CNc1ccc2ncc(Oc3ccc(OCC(=O)O)cc3)nc2c1. The summed E-state index contributed by atoms with van der Waals surface area (Å²) in [6, 6.07) is 11.6. The number of nitrogens with zero attached hydrogens (tertiary/aromatic N) is 2. The van der Waals surface area contributed by atoms with Crippen LogP contribution in [0.15, 0.2) is 48.7 Å². The van der Waals surface area contributed by atoms with Gasteiger partial charge in [0.05, 0.1) is 17.2 Å². The molecule has 0 atom stereocenters. The fourth-order valence-corrected chi connectivity index (χ4v) is 2.07. The number of carboxylic acids is 1. The molecule has 8 nitrogen and oxygen atoms in total. The van der Waals surface area contributed by atoms with Crippen molar-refractivity contribution in [2.24, 2.45) is 0 Å². The minimum absolute atomic E-state index is 0.287. The molecule has 140 valence electrons. The zero-order chi connectivity index (χ0) is 19.6. The molecule has 2 aromatic carbocycles. The maximum absolute atomic E-state index is 10.5. The number of carbonyl (C=O) groups is 2. The Morgan fingerprint density at radius 1 is 1.11 bits per heavy atom. The molecule has 0 saturated heterocycles. The summed E-state index contributed by atoms with van der Waals surface area (Å²) in [5.74, 6) is 0.160. The third-order valence-corrected chi connectivity index (χ3v) is 3.15. The summed E-state index contributed by atoms with van der Waals surface area (Å²) >= 11 is 0. The van der Waals surface area contributed by atoms with E-state index in [2.05, 4.69) is 15.3 Å². The van der Waals surface area contributed by atoms with Gasteiger partial charge in [0, 0.05) is 5.69 Å². The number of carbonyl (C=O) groups excluding carboxylic acids is 1. The van der Waals surface area contributed by atoms with Gasteiger partial charge in [-0.05, 0) is 42.5 Å². The smallest absolute Gasteiger partial charge is 0.341 e. The van der Waals surface area contributed by atoms with Crippen LogP contribution in [-0.2, 0) is 9.59 Å². The standard InChI is InChI=1S/C17H13N3O5.C2H6/c21-10-19-11-1-6-14-15(7-11)20-16(8-18-14)25-13-4-2-12(3-5-13)24-9-17(22)23;1-2/h1-8,10H,9H2,(H,19,21)(H,22,23);1-2H3. The molecule has 0 fully saturated rings. The van der Waals surface area contributed by atoms with Gasteiger partial charge in [0.2, 0.25) is 12.3 Å². The maximum atomic E-state index is 10.5. The quantitative estimate of drug-likeness (QED) is 0.613. The number of fused-ring (bicyclic) bond motifs is 1. The van der Waals surface area contributed by atoms with Gasteiger partial charge in [-0.2, -0.15) is 0 Å². The molecule has 3 rings (SSSR count). The van der Waals surface area contributed by atoms with Crippen LogP contribution in [0.4, 0.5) is 5.69 Å². The van der Waals surface area contributed by atoms with E-state index >= 15 is 0 Å². The highest BCUT2D eigenvalue weighted by Crippen LogP contribution is 2.24. The first-order valence-electron chi connectivity index (χ1n) is 8.23. The molecule has 0 aliphatic heterocycles. The van der Waals surface area contributed by atoms with Crippen molar-refractivity contribution in [1.29, 1.82) is 0 Å². The second-order valence-electron chi connectivity index (χ2n) is 4.93. The van der Waals surface area contributed by atoms with E-state index in [1.54, 1.807) is 42.5 Å². The number of aliphatic carboxylic acids is 1. The van der Waals surface area contributed by atoms with E-state index in [1.807, 2.05) is 13.8 Å². The van der Waals surface area contributed by atoms with Gasteiger partial charge >= 0.3 is 5.97 Å². The summed E-state index contributed by atoms with van der Waals surface area (Å²) in [6.07, 6.45) is 2.08. The van der Waals surface area contributed by atoms with Gasteiger partial charge in [0.25, 0.3) is 0 Å². The number of anilines is 1. The number of nitrogens with one attached hydrogen (secondary N) is 1. The van der Waals surface area contributed by atoms with E-state index in [9.17, 15) is 9.59 Å². The molecule has 1 heterocycles. The van der Waals surface area contributed by atoms with E-state index in [-0.39, 0.29) is 5.88 Å². The first kappa shape index (κ1) is 19.6. The second kappa shape index (κ2) is 9.71. The van der Waals surface area contributed by atoms with Gasteiger partial charge in [0.15, 0.2) is 6.61 Å².